The van der Waals surface area contributed by atoms with Crippen molar-refractivity contribution in [2.24, 2.45) is 5.92 Å². The zero-order chi connectivity index (χ0) is 16.2. The Morgan fingerprint density at radius 3 is 2.96 bits per heavy atom. The van der Waals surface area contributed by atoms with Crippen molar-refractivity contribution in [1.82, 2.24) is 15.0 Å². The number of hydrogen-bond donors (Lipinski definition) is 1. The van der Waals surface area contributed by atoms with Gasteiger partial charge >= 0.3 is 0 Å². The van der Waals surface area contributed by atoms with E-state index in [1.54, 1.807) is 18.6 Å². The van der Waals surface area contributed by atoms with Crippen molar-refractivity contribution in [2.75, 3.05) is 23.3 Å². The molecule has 0 bridgehead atoms. The Balaban J connectivity index is 1.65. The molecule has 6 nitrogen and oxygen atoms in total. The average Bonchev–Trinajstić information content (AvgIpc) is 2.57. The van der Waals surface area contributed by atoms with Gasteiger partial charge in [0.1, 0.15) is 18.0 Å². The number of nitrogens with zero attached hydrogens (tertiary/aromatic N) is 4. The van der Waals surface area contributed by atoms with Crippen LogP contribution in [0.4, 0.5) is 11.6 Å². The molecule has 0 saturated carbocycles. The Labute approximate surface area is 143 Å². The fourth-order valence-corrected chi connectivity index (χ4v) is 2.93. The van der Waals surface area contributed by atoms with Crippen molar-refractivity contribution in [3.63, 3.8) is 0 Å². The molecule has 23 heavy (non-hydrogen) atoms. The molecular formula is C16H18BrN5O. The van der Waals surface area contributed by atoms with Crippen LogP contribution in [0, 0.1) is 12.8 Å². The number of rotatable bonds is 3. The number of halogens is 1. The molecular weight excluding hydrogens is 358 g/mol. The third-order valence-electron chi connectivity index (χ3n) is 3.88. The van der Waals surface area contributed by atoms with Crippen LogP contribution in [0.2, 0.25) is 0 Å². The highest BCUT2D eigenvalue weighted by molar-refractivity contribution is 9.10. The van der Waals surface area contributed by atoms with E-state index < -0.39 is 0 Å². The van der Waals surface area contributed by atoms with Crippen LogP contribution >= 0.6 is 15.9 Å². The summed E-state index contributed by atoms with van der Waals surface area (Å²) in [6.07, 6.45) is 5.09. The minimum Gasteiger partial charge on any atom is -0.356 e. The van der Waals surface area contributed by atoms with Gasteiger partial charge in [0.2, 0.25) is 5.91 Å². The number of nitrogens with one attached hydrogen (secondary N) is 1. The highest BCUT2D eigenvalue weighted by Gasteiger charge is 2.26. The van der Waals surface area contributed by atoms with E-state index in [2.05, 4.69) is 41.1 Å². The number of anilines is 2. The van der Waals surface area contributed by atoms with Gasteiger partial charge in [-0.15, -0.1) is 0 Å². The molecule has 1 N–H and O–H groups in total. The minimum absolute atomic E-state index is 0.00954. The van der Waals surface area contributed by atoms with E-state index in [0.717, 1.165) is 35.4 Å². The maximum atomic E-state index is 12.5. The number of aryl methyl sites for hydroxylation is 1. The number of pyridine rings is 1. The van der Waals surface area contributed by atoms with Gasteiger partial charge in [0.05, 0.1) is 5.92 Å². The summed E-state index contributed by atoms with van der Waals surface area (Å²) >= 11 is 3.33. The number of carbonyl (C=O) groups excluding carboxylic acids is 1. The molecule has 0 aromatic carbocycles. The van der Waals surface area contributed by atoms with Crippen molar-refractivity contribution in [2.45, 2.75) is 19.8 Å². The molecule has 3 heterocycles. The first-order valence-electron chi connectivity index (χ1n) is 7.58. The Kier molecular flexibility index (Phi) is 4.85. The number of amides is 1. The lowest BCUT2D eigenvalue weighted by Gasteiger charge is -2.32. The standard InChI is InChI=1S/C16H18BrN5O/c1-11-7-15(20-10-19-11)22-6-2-3-12(9-22)16(23)21-14-5-4-13(17)8-18-14/h4-5,7-8,10,12H,2-3,6,9H2,1H3,(H,18,21,23). The molecule has 2 aromatic heterocycles. The molecule has 1 atom stereocenters. The van der Waals surface area contributed by atoms with Gasteiger partial charge < -0.3 is 10.2 Å². The quantitative estimate of drug-likeness (QED) is 0.892. The molecule has 1 amide bonds. The van der Waals surface area contributed by atoms with Crippen LogP contribution in [-0.4, -0.2) is 33.9 Å². The Bertz CT molecular complexity index is 691. The molecule has 1 aliphatic heterocycles. The van der Waals surface area contributed by atoms with Crippen LogP contribution in [0.15, 0.2) is 35.2 Å². The van der Waals surface area contributed by atoms with Gasteiger partial charge in [-0.3, -0.25) is 4.79 Å². The van der Waals surface area contributed by atoms with Gasteiger partial charge in [0, 0.05) is 35.5 Å². The zero-order valence-electron chi connectivity index (χ0n) is 12.9. The lowest BCUT2D eigenvalue weighted by molar-refractivity contribution is -0.120. The van der Waals surface area contributed by atoms with E-state index in [1.165, 1.54) is 0 Å². The third-order valence-corrected chi connectivity index (χ3v) is 4.35. The maximum absolute atomic E-state index is 12.5. The van der Waals surface area contributed by atoms with Crippen molar-refractivity contribution in [3.05, 3.63) is 40.9 Å². The summed E-state index contributed by atoms with van der Waals surface area (Å²) in [4.78, 5) is 27.3. The Hall–Kier alpha value is -2.02. The van der Waals surface area contributed by atoms with E-state index in [1.807, 2.05) is 19.1 Å². The SMILES string of the molecule is Cc1cc(N2CCCC(C(=O)Nc3ccc(Br)cn3)C2)ncn1. The van der Waals surface area contributed by atoms with Crippen LogP contribution in [0.5, 0.6) is 0 Å². The molecule has 0 spiro atoms. The van der Waals surface area contributed by atoms with Crippen molar-refractivity contribution < 1.29 is 4.79 Å². The van der Waals surface area contributed by atoms with Gasteiger partial charge in [-0.05, 0) is 47.8 Å². The molecule has 0 radical (unpaired) electrons. The summed E-state index contributed by atoms with van der Waals surface area (Å²) in [5.74, 6) is 1.41. The fourth-order valence-electron chi connectivity index (χ4n) is 2.69. The topological polar surface area (TPSA) is 71.0 Å². The second-order valence-electron chi connectivity index (χ2n) is 5.65. The summed E-state index contributed by atoms with van der Waals surface area (Å²) < 4.78 is 0.887. The molecule has 7 heteroatoms. The van der Waals surface area contributed by atoms with Crippen molar-refractivity contribution >= 4 is 33.5 Å². The largest absolute Gasteiger partial charge is 0.356 e. The molecule has 1 unspecified atom stereocenters. The molecule has 120 valence electrons. The van der Waals surface area contributed by atoms with Crippen LogP contribution in [0.25, 0.3) is 0 Å². The zero-order valence-corrected chi connectivity index (χ0v) is 14.5. The summed E-state index contributed by atoms with van der Waals surface area (Å²) in [6, 6.07) is 5.60. The van der Waals surface area contributed by atoms with E-state index in [0.29, 0.717) is 12.4 Å². The summed E-state index contributed by atoms with van der Waals surface area (Å²) in [5.41, 5.74) is 0.931. The van der Waals surface area contributed by atoms with Crippen molar-refractivity contribution in [1.29, 1.82) is 0 Å². The summed E-state index contributed by atoms with van der Waals surface area (Å²) in [5, 5.41) is 2.89. The normalized spacial score (nSPS) is 17.8. The minimum atomic E-state index is -0.0653. The molecule has 3 rings (SSSR count). The van der Waals surface area contributed by atoms with E-state index in [4.69, 9.17) is 0 Å². The number of piperidine rings is 1. The molecule has 1 fully saturated rings. The predicted octanol–water partition coefficient (Wildman–Crippen LogP) is 2.80. The highest BCUT2D eigenvalue weighted by Crippen LogP contribution is 2.23. The van der Waals surface area contributed by atoms with Crippen LogP contribution in [-0.2, 0) is 4.79 Å². The first kappa shape index (κ1) is 15.9. The number of hydrogen-bond acceptors (Lipinski definition) is 5. The number of carbonyl (C=O) groups is 1. The predicted molar refractivity (Wildman–Crippen MR) is 92.3 cm³/mol. The van der Waals surface area contributed by atoms with Gasteiger partial charge in [0.25, 0.3) is 0 Å². The van der Waals surface area contributed by atoms with Gasteiger partial charge in [-0.1, -0.05) is 0 Å². The van der Waals surface area contributed by atoms with E-state index >= 15 is 0 Å². The smallest absolute Gasteiger partial charge is 0.230 e. The lowest BCUT2D eigenvalue weighted by atomic mass is 9.97. The van der Waals surface area contributed by atoms with Gasteiger partial charge in [-0.2, -0.15) is 0 Å². The molecule has 1 saturated heterocycles. The summed E-state index contributed by atoms with van der Waals surface area (Å²) in [7, 11) is 0. The monoisotopic (exact) mass is 375 g/mol. The van der Waals surface area contributed by atoms with E-state index in [-0.39, 0.29) is 11.8 Å². The first-order valence-corrected chi connectivity index (χ1v) is 8.37. The van der Waals surface area contributed by atoms with Crippen LogP contribution in [0.3, 0.4) is 0 Å². The number of aromatic nitrogens is 3. The average molecular weight is 376 g/mol. The Morgan fingerprint density at radius 2 is 2.22 bits per heavy atom. The van der Waals surface area contributed by atoms with Crippen molar-refractivity contribution in [3.8, 4) is 0 Å². The third kappa shape index (κ3) is 4.04. The van der Waals surface area contributed by atoms with Crippen LogP contribution in [0.1, 0.15) is 18.5 Å². The second kappa shape index (κ2) is 7.04. The lowest BCUT2D eigenvalue weighted by Crippen LogP contribution is -2.41. The molecule has 2 aromatic rings. The maximum Gasteiger partial charge on any atom is 0.230 e. The Morgan fingerprint density at radius 1 is 1.35 bits per heavy atom. The molecule has 0 aliphatic carbocycles. The van der Waals surface area contributed by atoms with Gasteiger partial charge in [-0.25, -0.2) is 15.0 Å². The second-order valence-corrected chi connectivity index (χ2v) is 6.57. The van der Waals surface area contributed by atoms with E-state index in [9.17, 15) is 4.79 Å². The summed E-state index contributed by atoms with van der Waals surface area (Å²) in [6.45, 7) is 3.52. The molecule has 1 aliphatic rings. The van der Waals surface area contributed by atoms with Crippen LogP contribution < -0.4 is 10.2 Å². The fraction of sp³-hybridized carbons (Fsp3) is 0.375. The first-order chi connectivity index (χ1) is 11.1. The van der Waals surface area contributed by atoms with Gasteiger partial charge in [0.15, 0.2) is 0 Å². The highest BCUT2D eigenvalue weighted by atomic mass is 79.9.